The second-order valence-corrected chi connectivity index (χ2v) is 1.51. The topological polar surface area (TPSA) is 41.5 Å². The van der Waals surface area contributed by atoms with Crippen LogP contribution in [0.2, 0.25) is 0 Å². The Labute approximate surface area is 61.9 Å². The number of hydrogen-bond donors (Lipinski definition) is 0. The van der Waals surface area contributed by atoms with E-state index >= 15 is 0 Å². The number of rotatable bonds is 3. The molecule has 0 spiro atoms. The Morgan fingerprint density at radius 1 is 1.08 bits per heavy atom. The van der Waals surface area contributed by atoms with Crippen LogP contribution in [0.4, 0.5) is 26.5 Å². The molecule has 0 radical (unpaired) electrons. The van der Waals surface area contributed by atoms with Crippen molar-refractivity contribution in [2.24, 2.45) is 0 Å². The Bertz CT molecular complexity index is 146. The van der Waals surface area contributed by atoms with Crippen LogP contribution in [0, 0.1) is 0 Å². The average Bonchev–Trinajstić information content (AvgIpc) is 1.84. The SMILES string of the molecule is [O-]B(OF)OC(F)(F)C(F)(F)F. The fourth-order valence-electron chi connectivity index (χ4n) is 0.206. The summed E-state index contributed by atoms with van der Waals surface area (Å²) in [5.41, 5.74) is 0. The maximum absolute atomic E-state index is 11.6. The lowest BCUT2D eigenvalue weighted by atomic mass is 10.2. The van der Waals surface area contributed by atoms with E-state index in [0.717, 1.165) is 0 Å². The molecular formula is C2BF6O3-. The lowest BCUT2D eigenvalue weighted by molar-refractivity contribution is -0.399. The molecule has 0 saturated heterocycles. The van der Waals surface area contributed by atoms with Crippen molar-refractivity contribution in [2.45, 2.75) is 12.3 Å². The normalized spacial score (nSPS) is 13.2. The van der Waals surface area contributed by atoms with Crippen LogP contribution in [0.5, 0.6) is 0 Å². The van der Waals surface area contributed by atoms with E-state index in [4.69, 9.17) is 0 Å². The third-order valence-electron chi connectivity index (χ3n) is 0.647. The van der Waals surface area contributed by atoms with Gasteiger partial charge in [0.25, 0.3) is 0 Å². The molecule has 0 aromatic heterocycles. The van der Waals surface area contributed by atoms with Crippen molar-refractivity contribution >= 4 is 7.32 Å². The van der Waals surface area contributed by atoms with Gasteiger partial charge in [0, 0.05) is 0 Å². The lowest BCUT2D eigenvalue weighted by Gasteiger charge is -2.23. The fraction of sp³-hybridized carbons (Fsp3) is 1.00. The molecule has 0 amide bonds. The average molecular weight is 197 g/mol. The molecule has 12 heavy (non-hydrogen) atoms. The van der Waals surface area contributed by atoms with Gasteiger partial charge in [-0.2, -0.15) is 22.0 Å². The molecule has 0 aromatic carbocycles. The van der Waals surface area contributed by atoms with Gasteiger partial charge in [-0.05, 0) is 0 Å². The number of hydrogen-bond acceptors (Lipinski definition) is 3. The fourth-order valence-corrected chi connectivity index (χ4v) is 0.206. The first-order valence-corrected chi connectivity index (χ1v) is 2.26. The van der Waals surface area contributed by atoms with E-state index < -0.39 is 19.6 Å². The molecule has 0 aromatic rings. The molecule has 0 heterocycles. The predicted octanol–water partition coefficient (Wildman–Crippen LogP) is 0.404. The maximum Gasteiger partial charge on any atom is 0.481 e. The van der Waals surface area contributed by atoms with Gasteiger partial charge >= 0.3 is 19.6 Å². The second-order valence-electron chi connectivity index (χ2n) is 1.51. The van der Waals surface area contributed by atoms with Gasteiger partial charge in [-0.25, -0.2) is 4.86 Å². The summed E-state index contributed by atoms with van der Waals surface area (Å²) in [6.07, 6.45) is -11.8. The summed E-state index contributed by atoms with van der Waals surface area (Å²) in [6.45, 7) is 0. The van der Waals surface area contributed by atoms with E-state index in [1.54, 1.807) is 0 Å². The third kappa shape index (κ3) is 2.87. The molecule has 0 aliphatic rings. The van der Waals surface area contributed by atoms with Gasteiger partial charge in [0.2, 0.25) is 0 Å². The molecule has 72 valence electrons. The first kappa shape index (κ1) is 11.5. The van der Waals surface area contributed by atoms with Crippen LogP contribution in [0.1, 0.15) is 0 Å². The van der Waals surface area contributed by atoms with Crippen LogP contribution in [0.15, 0.2) is 0 Å². The molecule has 0 atom stereocenters. The zero-order valence-electron chi connectivity index (χ0n) is 5.07. The summed E-state index contributed by atoms with van der Waals surface area (Å²) in [5, 5.41) is 9.56. The Balaban J connectivity index is 4.22. The monoisotopic (exact) mass is 197 g/mol. The zero-order chi connectivity index (χ0) is 9.99. The van der Waals surface area contributed by atoms with Crippen LogP contribution >= 0.6 is 0 Å². The molecular weight excluding hydrogens is 197 g/mol. The third-order valence-corrected chi connectivity index (χ3v) is 0.647. The molecule has 0 rings (SSSR count). The summed E-state index contributed by atoms with van der Waals surface area (Å²) in [7, 11) is -3.53. The molecule has 0 bridgehead atoms. The van der Waals surface area contributed by atoms with Crippen molar-refractivity contribution in [1.82, 2.24) is 0 Å². The quantitative estimate of drug-likeness (QED) is 0.485. The van der Waals surface area contributed by atoms with E-state index in [9.17, 15) is 31.5 Å². The minimum atomic E-state index is -6.08. The summed E-state index contributed by atoms with van der Waals surface area (Å²) in [5.74, 6) is 0. The van der Waals surface area contributed by atoms with E-state index in [1.807, 2.05) is 4.86 Å². The Morgan fingerprint density at radius 2 is 1.50 bits per heavy atom. The summed E-state index contributed by atoms with van der Waals surface area (Å²) in [6, 6.07) is 0. The first-order valence-electron chi connectivity index (χ1n) is 2.26. The minimum absolute atomic E-state index is 2.02. The maximum atomic E-state index is 11.6. The Kier molecular flexibility index (Phi) is 3.36. The Morgan fingerprint density at radius 3 is 1.75 bits per heavy atom. The molecule has 0 fully saturated rings. The van der Waals surface area contributed by atoms with Crippen molar-refractivity contribution in [3.63, 3.8) is 0 Å². The molecule has 10 heteroatoms. The van der Waals surface area contributed by atoms with E-state index in [-0.39, 0.29) is 0 Å². The van der Waals surface area contributed by atoms with Crippen LogP contribution in [-0.2, 0) is 9.51 Å². The molecule has 0 N–H and O–H groups in total. The molecule has 0 aliphatic carbocycles. The van der Waals surface area contributed by atoms with Gasteiger partial charge in [-0.1, -0.05) is 4.53 Å². The first-order chi connectivity index (χ1) is 5.20. The van der Waals surface area contributed by atoms with Crippen molar-refractivity contribution in [3.8, 4) is 0 Å². The highest BCUT2D eigenvalue weighted by Crippen LogP contribution is 2.36. The highest BCUT2D eigenvalue weighted by atomic mass is 19.4. The van der Waals surface area contributed by atoms with E-state index in [0.29, 0.717) is 0 Å². The number of halogens is 6. The van der Waals surface area contributed by atoms with Crippen LogP contribution in [0.25, 0.3) is 0 Å². The van der Waals surface area contributed by atoms with Crippen molar-refractivity contribution < 1.29 is 41.0 Å². The molecule has 0 saturated carbocycles. The summed E-state index contributed by atoms with van der Waals surface area (Å²) in [4.78, 5) is 2.02. The van der Waals surface area contributed by atoms with Crippen molar-refractivity contribution in [3.05, 3.63) is 0 Å². The van der Waals surface area contributed by atoms with Gasteiger partial charge in [0.15, 0.2) is 0 Å². The predicted molar refractivity (Wildman–Crippen MR) is 20.0 cm³/mol. The Hall–Kier alpha value is -0.475. The highest BCUT2D eigenvalue weighted by Gasteiger charge is 2.59. The summed E-state index contributed by atoms with van der Waals surface area (Å²) >= 11 is 0. The van der Waals surface area contributed by atoms with Gasteiger partial charge in [-0.15, -0.1) is 0 Å². The van der Waals surface area contributed by atoms with Gasteiger partial charge < -0.3 is 9.68 Å². The minimum Gasteiger partial charge on any atom is -0.829 e. The van der Waals surface area contributed by atoms with Crippen LogP contribution in [-0.4, -0.2) is 19.6 Å². The van der Waals surface area contributed by atoms with Crippen LogP contribution < -0.4 is 5.02 Å². The van der Waals surface area contributed by atoms with Gasteiger partial charge in [0.05, 0.1) is 0 Å². The van der Waals surface area contributed by atoms with Gasteiger partial charge in [0.1, 0.15) is 0 Å². The van der Waals surface area contributed by atoms with Gasteiger partial charge in [-0.3, -0.25) is 0 Å². The van der Waals surface area contributed by atoms with E-state index in [1.165, 1.54) is 0 Å². The molecule has 0 aliphatic heterocycles. The zero-order valence-corrected chi connectivity index (χ0v) is 5.07. The smallest absolute Gasteiger partial charge is 0.481 e. The number of alkyl halides is 5. The highest BCUT2D eigenvalue weighted by molar-refractivity contribution is 6.32. The lowest BCUT2D eigenvalue weighted by Crippen LogP contribution is -2.49. The summed E-state index contributed by atoms with van der Waals surface area (Å²) < 4.78 is 69.6. The largest absolute Gasteiger partial charge is 0.829 e. The standard InChI is InChI=1S/C2BF6O3/c4-1(5,6)2(7,8)11-3(10)12-9/q-1. The van der Waals surface area contributed by atoms with Crippen molar-refractivity contribution in [2.75, 3.05) is 0 Å². The van der Waals surface area contributed by atoms with Crippen LogP contribution in [0.3, 0.4) is 0 Å². The van der Waals surface area contributed by atoms with Crippen molar-refractivity contribution in [1.29, 1.82) is 0 Å². The van der Waals surface area contributed by atoms with E-state index in [2.05, 4.69) is 4.65 Å². The molecule has 0 unspecified atom stereocenters. The molecule has 3 nitrogen and oxygen atoms in total. The second kappa shape index (κ2) is 3.50.